The van der Waals surface area contributed by atoms with Gasteiger partial charge in [0.2, 0.25) is 0 Å². The largest absolute Gasteiger partial charge is 0.478 e. The molecule has 0 aromatic carbocycles. The summed E-state index contributed by atoms with van der Waals surface area (Å²) in [6.07, 6.45) is 0. The van der Waals surface area contributed by atoms with E-state index in [0.717, 1.165) is 0 Å². The Hall–Kier alpha value is -0.430. The number of hydrogen-bond acceptors (Lipinski definition) is 2. The summed E-state index contributed by atoms with van der Waals surface area (Å²) in [7, 11) is -0.593. The fraction of sp³-hybridized carbons (Fsp3) is 0. The maximum atomic E-state index is 9.38. The fourth-order valence-corrected chi connectivity index (χ4v) is 0.151. The van der Waals surface area contributed by atoms with Crippen molar-refractivity contribution < 1.29 is 14.7 Å². The van der Waals surface area contributed by atoms with Crippen molar-refractivity contribution in [3.8, 4) is 0 Å². The molecule has 0 aliphatic heterocycles. The maximum absolute atomic E-state index is 9.38. The Morgan fingerprint density at radius 3 is 2.33 bits per heavy atom. The van der Waals surface area contributed by atoms with E-state index in [4.69, 9.17) is 5.11 Å². The molecule has 0 amide bonds. The third-order valence-electron chi connectivity index (χ3n) is 0.182. The third kappa shape index (κ3) is 3.57. The van der Waals surface area contributed by atoms with Crippen LogP contribution in [0.5, 0.6) is 0 Å². The standard InChI is InChI=1S/C2H3O3P/c3-1-6-2(4)5/h1,6H,(H,4,5). The van der Waals surface area contributed by atoms with Crippen molar-refractivity contribution >= 4 is 20.3 Å². The van der Waals surface area contributed by atoms with Crippen LogP contribution in [0.1, 0.15) is 0 Å². The molecule has 0 aliphatic carbocycles. The van der Waals surface area contributed by atoms with Crippen LogP contribution in [0.3, 0.4) is 0 Å². The molecule has 4 heteroatoms. The van der Waals surface area contributed by atoms with Crippen LogP contribution in [0, 0.1) is 0 Å². The Kier molecular flexibility index (Phi) is 2.59. The van der Waals surface area contributed by atoms with Gasteiger partial charge in [-0.05, 0) is 0 Å². The van der Waals surface area contributed by atoms with Crippen LogP contribution in [0.15, 0.2) is 0 Å². The molecule has 1 unspecified atom stereocenters. The minimum absolute atomic E-state index is 0.377. The summed E-state index contributed by atoms with van der Waals surface area (Å²) in [6, 6.07) is 0.377. The van der Waals surface area contributed by atoms with Crippen molar-refractivity contribution in [2.24, 2.45) is 0 Å². The monoisotopic (exact) mass is 106 g/mol. The van der Waals surface area contributed by atoms with Gasteiger partial charge in [-0.3, -0.25) is 4.79 Å². The lowest BCUT2D eigenvalue weighted by molar-refractivity contribution is 0.222. The van der Waals surface area contributed by atoms with Crippen molar-refractivity contribution in [3.05, 3.63) is 0 Å². The lowest BCUT2D eigenvalue weighted by Crippen LogP contribution is -1.75. The summed E-state index contributed by atoms with van der Waals surface area (Å²) in [4.78, 5) is 18.6. The van der Waals surface area contributed by atoms with Gasteiger partial charge in [0.05, 0.1) is 8.58 Å². The van der Waals surface area contributed by atoms with Gasteiger partial charge in [-0.25, -0.2) is 4.79 Å². The molecule has 0 aliphatic rings. The fourth-order valence-electron chi connectivity index (χ4n) is 0.0504. The molecule has 1 atom stereocenters. The number of hydrogen-bond donors (Lipinski definition) is 1. The van der Waals surface area contributed by atoms with Crippen molar-refractivity contribution in [1.82, 2.24) is 0 Å². The summed E-state index contributed by atoms with van der Waals surface area (Å²) >= 11 is 0. The molecule has 0 radical (unpaired) electrons. The highest BCUT2D eigenvalue weighted by atomic mass is 31.1. The molecule has 3 nitrogen and oxygen atoms in total. The van der Waals surface area contributed by atoms with E-state index in [9.17, 15) is 9.59 Å². The molecule has 0 spiro atoms. The highest BCUT2D eigenvalue weighted by Gasteiger charge is 1.87. The van der Waals surface area contributed by atoms with Crippen molar-refractivity contribution in [3.63, 3.8) is 0 Å². The zero-order valence-corrected chi connectivity index (χ0v) is 3.84. The Balaban J connectivity index is 3.05. The van der Waals surface area contributed by atoms with Crippen LogP contribution in [0.4, 0.5) is 4.79 Å². The summed E-state index contributed by atoms with van der Waals surface area (Å²) < 4.78 is 0. The lowest BCUT2D eigenvalue weighted by Gasteiger charge is -1.71. The van der Waals surface area contributed by atoms with Crippen LogP contribution in [0.2, 0.25) is 0 Å². The van der Waals surface area contributed by atoms with Crippen LogP contribution in [-0.4, -0.2) is 16.8 Å². The maximum Gasteiger partial charge on any atom is 0.327 e. The topological polar surface area (TPSA) is 54.4 Å². The first-order valence-corrected chi connectivity index (χ1v) is 2.28. The molecule has 1 N–H and O–H groups in total. The second-order valence-corrected chi connectivity index (χ2v) is 1.52. The van der Waals surface area contributed by atoms with Gasteiger partial charge in [-0.2, -0.15) is 0 Å². The number of carbonyl (C=O) groups excluding carboxylic acids is 1. The van der Waals surface area contributed by atoms with E-state index >= 15 is 0 Å². The van der Waals surface area contributed by atoms with E-state index < -0.39 is 14.3 Å². The molecular formula is C2H3O3P. The minimum atomic E-state index is -1.05. The third-order valence-corrected chi connectivity index (χ3v) is 0.547. The molecule has 0 fully saturated rings. The quantitative estimate of drug-likeness (QED) is 0.412. The first-order chi connectivity index (χ1) is 2.77. The smallest absolute Gasteiger partial charge is 0.327 e. The van der Waals surface area contributed by atoms with Crippen molar-refractivity contribution in [2.75, 3.05) is 0 Å². The zero-order chi connectivity index (χ0) is 4.99. The number of carboxylic acid groups (broad SMARTS) is 1. The summed E-state index contributed by atoms with van der Waals surface area (Å²) in [5.41, 5.74) is -1.05. The second-order valence-electron chi connectivity index (χ2n) is 0.567. The SMILES string of the molecule is O=CPC(=O)O. The predicted molar refractivity (Wildman–Crippen MR) is 23.1 cm³/mol. The first-order valence-electron chi connectivity index (χ1n) is 1.20. The average molecular weight is 106 g/mol. The molecule has 0 saturated heterocycles. The van der Waals surface area contributed by atoms with E-state index in [0.29, 0.717) is 6.03 Å². The van der Waals surface area contributed by atoms with Gasteiger partial charge in [0.15, 0.2) is 0 Å². The van der Waals surface area contributed by atoms with Crippen molar-refractivity contribution in [1.29, 1.82) is 0 Å². The molecule has 6 heavy (non-hydrogen) atoms. The molecule has 0 aromatic heterocycles. The van der Waals surface area contributed by atoms with Crippen LogP contribution in [-0.2, 0) is 4.79 Å². The first kappa shape index (κ1) is 5.57. The molecule has 0 rings (SSSR count). The van der Waals surface area contributed by atoms with E-state index in [1.165, 1.54) is 0 Å². The van der Waals surface area contributed by atoms with E-state index in [2.05, 4.69) is 0 Å². The minimum Gasteiger partial charge on any atom is -0.478 e. The Bertz CT molecular complexity index is 69.2. The number of carbonyl (C=O) groups is 2. The molecule has 34 valence electrons. The van der Waals surface area contributed by atoms with E-state index in [1.54, 1.807) is 0 Å². The van der Waals surface area contributed by atoms with E-state index in [1.807, 2.05) is 0 Å². The second kappa shape index (κ2) is 2.79. The van der Waals surface area contributed by atoms with Gasteiger partial charge >= 0.3 is 5.71 Å². The Morgan fingerprint density at radius 2 is 2.33 bits per heavy atom. The normalized spacial score (nSPS) is 9.33. The van der Waals surface area contributed by atoms with Gasteiger partial charge in [0, 0.05) is 0 Å². The highest BCUT2D eigenvalue weighted by Crippen LogP contribution is 2.01. The Labute approximate surface area is 36.1 Å². The summed E-state index contributed by atoms with van der Waals surface area (Å²) in [5.74, 6) is 0. The van der Waals surface area contributed by atoms with Crippen LogP contribution >= 0.6 is 8.58 Å². The lowest BCUT2D eigenvalue weighted by atomic mass is 11.6. The summed E-state index contributed by atoms with van der Waals surface area (Å²) in [5, 5.41) is 7.69. The summed E-state index contributed by atoms with van der Waals surface area (Å²) in [6.45, 7) is 0. The van der Waals surface area contributed by atoms with Crippen LogP contribution in [0.25, 0.3) is 0 Å². The van der Waals surface area contributed by atoms with Gasteiger partial charge in [0.25, 0.3) is 0 Å². The number of rotatable bonds is 2. The van der Waals surface area contributed by atoms with Crippen molar-refractivity contribution in [2.45, 2.75) is 0 Å². The van der Waals surface area contributed by atoms with E-state index in [-0.39, 0.29) is 0 Å². The molecule has 0 heterocycles. The van der Waals surface area contributed by atoms with Gasteiger partial charge in [-0.15, -0.1) is 0 Å². The predicted octanol–water partition coefficient (Wildman–Crippen LogP) is 0.533. The molecule has 0 saturated carbocycles. The van der Waals surface area contributed by atoms with Crippen LogP contribution < -0.4 is 0 Å². The average Bonchev–Trinajstić information content (AvgIpc) is 1.35. The zero-order valence-electron chi connectivity index (χ0n) is 2.84. The van der Waals surface area contributed by atoms with Gasteiger partial charge in [-0.1, -0.05) is 0 Å². The molecule has 0 aromatic rings. The Morgan fingerprint density at radius 1 is 1.83 bits per heavy atom. The molecular weight excluding hydrogens is 103 g/mol. The van der Waals surface area contributed by atoms with Gasteiger partial charge in [0.1, 0.15) is 6.03 Å². The molecule has 0 bridgehead atoms. The van der Waals surface area contributed by atoms with Gasteiger partial charge < -0.3 is 5.11 Å². The highest BCUT2D eigenvalue weighted by molar-refractivity contribution is 7.70.